The average Bonchev–Trinajstić information content (AvgIpc) is 2.67. The fourth-order valence-corrected chi connectivity index (χ4v) is 1.85. The lowest BCUT2D eigenvalue weighted by molar-refractivity contribution is 0.354. The molecule has 0 saturated carbocycles. The van der Waals surface area contributed by atoms with Crippen LogP contribution in [0.2, 0.25) is 0 Å². The van der Waals surface area contributed by atoms with E-state index in [1.165, 1.54) is 0 Å². The number of aromatic nitrogens is 2. The van der Waals surface area contributed by atoms with Crippen LogP contribution in [0.5, 0.6) is 11.5 Å². The van der Waals surface area contributed by atoms with Crippen LogP contribution in [-0.2, 0) is 0 Å². The van der Waals surface area contributed by atoms with Crippen LogP contribution in [0, 0.1) is 13.8 Å². The highest BCUT2D eigenvalue weighted by atomic mass is 16.5. The third kappa shape index (κ3) is 2.11. The second kappa shape index (κ2) is 4.49. The maximum absolute atomic E-state index is 5.28. The van der Waals surface area contributed by atoms with Gasteiger partial charge in [0.15, 0.2) is 11.5 Å². The summed E-state index contributed by atoms with van der Waals surface area (Å²) in [7, 11) is 3.25. The van der Waals surface area contributed by atoms with Crippen LogP contribution in [0.15, 0.2) is 24.3 Å². The number of ether oxygens (including phenoxy) is 2. The Morgan fingerprint density at radius 2 is 1.71 bits per heavy atom. The minimum Gasteiger partial charge on any atom is -0.493 e. The number of hydrogen-bond acceptors (Lipinski definition) is 3. The molecule has 0 fully saturated rings. The van der Waals surface area contributed by atoms with Crippen LogP contribution in [0.3, 0.4) is 0 Å². The summed E-state index contributed by atoms with van der Waals surface area (Å²) in [4.78, 5) is 0. The molecule has 1 aromatic heterocycles. The molecular formula is C13H16N2O2. The summed E-state index contributed by atoms with van der Waals surface area (Å²) in [6, 6.07) is 7.79. The number of benzene rings is 1. The monoisotopic (exact) mass is 232 g/mol. The van der Waals surface area contributed by atoms with Gasteiger partial charge in [-0.3, -0.25) is 0 Å². The fraction of sp³-hybridized carbons (Fsp3) is 0.308. The standard InChI is InChI=1S/C13H16N2O2/c1-9-7-10(2)15(14-9)11-5-6-12(16-3)13(8-11)17-4/h5-8H,1-4H3. The van der Waals surface area contributed by atoms with Crippen molar-refractivity contribution in [3.63, 3.8) is 0 Å². The predicted octanol–water partition coefficient (Wildman–Crippen LogP) is 2.51. The van der Waals surface area contributed by atoms with Crippen molar-refractivity contribution < 1.29 is 9.47 Å². The van der Waals surface area contributed by atoms with Crippen LogP contribution in [-0.4, -0.2) is 24.0 Å². The van der Waals surface area contributed by atoms with Gasteiger partial charge in [0.2, 0.25) is 0 Å². The second-order valence-corrected chi connectivity index (χ2v) is 3.88. The summed E-state index contributed by atoms with van der Waals surface area (Å²) < 4.78 is 12.4. The highest BCUT2D eigenvalue weighted by Gasteiger charge is 2.08. The minimum absolute atomic E-state index is 0.706. The highest BCUT2D eigenvalue weighted by Crippen LogP contribution is 2.29. The molecule has 4 nitrogen and oxygen atoms in total. The molecule has 0 atom stereocenters. The molecule has 0 spiro atoms. The summed E-state index contributed by atoms with van der Waals surface area (Å²) in [6.45, 7) is 4.00. The summed E-state index contributed by atoms with van der Waals surface area (Å²) in [5.41, 5.74) is 3.06. The lowest BCUT2D eigenvalue weighted by Crippen LogP contribution is -2.00. The first-order chi connectivity index (χ1) is 8.15. The van der Waals surface area contributed by atoms with Crippen LogP contribution in [0.1, 0.15) is 11.4 Å². The third-order valence-electron chi connectivity index (χ3n) is 2.62. The van der Waals surface area contributed by atoms with E-state index < -0.39 is 0 Å². The lowest BCUT2D eigenvalue weighted by Gasteiger charge is -2.10. The molecule has 1 aromatic carbocycles. The summed E-state index contributed by atoms with van der Waals surface area (Å²) in [5, 5.41) is 4.43. The maximum Gasteiger partial charge on any atom is 0.162 e. The van der Waals surface area contributed by atoms with Crippen molar-refractivity contribution in [1.82, 2.24) is 9.78 Å². The van der Waals surface area contributed by atoms with Crippen molar-refractivity contribution in [2.45, 2.75) is 13.8 Å². The molecule has 0 N–H and O–H groups in total. The molecule has 0 radical (unpaired) electrons. The van der Waals surface area contributed by atoms with E-state index in [0.717, 1.165) is 22.8 Å². The number of aryl methyl sites for hydroxylation is 2. The molecule has 0 aliphatic rings. The zero-order valence-corrected chi connectivity index (χ0v) is 10.5. The summed E-state index contributed by atoms with van der Waals surface area (Å²) in [5.74, 6) is 1.43. The molecule has 0 aliphatic carbocycles. The molecule has 2 aromatic rings. The Bertz CT molecular complexity index is 532. The molecule has 0 bridgehead atoms. The summed E-state index contributed by atoms with van der Waals surface area (Å²) >= 11 is 0. The predicted molar refractivity (Wildman–Crippen MR) is 66.1 cm³/mol. The van der Waals surface area contributed by atoms with Crippen LogP contribution >= 0.6 is 0 Å². The normalized spacial score (nSPS) is 10.4. The molecule has 17 heavy (non-hydrogen) atoms. The Hall–Kier alpha value is -1.97. The second-order valence-electron chi connectivity index (χ2n) is 3.88. The molecule has 90 valence electrons. The number of methoxy groups -OCH3 is 2. The lowest BCUT2D eigenvalue weighted by atomic mass is 10.2. The first-order valence-corrected chi connectivity index (χ1v) is 5.41. The maximum atomic E-state index is 5.28. The topological polar surface area (TPSA) is 36.3 Å². The van der Waals surface area contributed by atoms with Crippen molar-refractivity contribution in [2.24, 2.45) is 0 Å². The van der Waals surface area contributed by atoms with E-state index in [-0.39, 0.29) is 0 Å². The van der Waals surface area contributed by atoms with Crippen LogP contribution in [0.4, 0.5) is 0 Å². The van der Waals surface area contributed by atoms with Gasteiger partial charge in [0.25, 0.3) is 0 Å². The highest BCUT2D eigenvalue weighted by molar-refractivity contribution is 5.49. The van der Waals surface area contributed by atoms with Crippen molar-refractivity contribution >= 4 is 0 Å². The molecule has 0 saturated heterocycles. The van der Waals surface area contributed by atoms with Crippen molar-refractivity contribution in [3.05, 3.63) is 35.7 Å². The summed E-state index contributed by atoms with van der Waals surface area (Å²) in [6.07, 6.45) is 0. The zero-order valence-electron chi connectivity index (χ0n) is 10.5. The van der Waals surface area contributed by atoms with Gasteiger partial charge in [-0.1, -0.05) is 0 Å². The van der Waals surface area contributed by atoms with Crippen molar-refractivity contribution in [1.29, 1.82) is 0 Å². The third-order valence-corrected chi connectivity index (χ3v) is 2.62. The Kier molecular flexibility index (Phi) is 3.04. The Morgan fingerprint density at radius 3 is 2.24 bits per heavy atom. The molecule has 2 rings (SSSR count). The van der Waals surface area contributed by atoms with Gasteiger partial charge in [-0.15, -0.1) is 0 Å². The SMILES string of the molecule is COc1ccc(-n2nc(C)cc2C)cc1OC. The van der Waals surface area contributed by atoms with E-state index in [1.54, 1.807) is 14.2 Å². The quantitative estimate of drug-likeness (QED) is 0.815. The minimum atomic E-state index is 0.706. The van der Waals surface area contributed by atoms with Gasteiger partial charge in [-0.05, 0) is 32.0 Å². The van der Waals surface area contributed by atoms with E-state index in [1.807, 2.05) is 42.8 Å². The van der Waals surface area contributed by atoms with Crippen molar-refractivity contribution in [2.75, 3.05) is 14.2 Å². The first-order valence-electron chi connectivity index (χ1n) is 5.41. The van der Waals surface area contributed by atoms with Gasteiger partial charge in [0.05, 0.1) is 25.6 Å². The number of hydrogen-bond donors (Lipinski definition) is 0. The van der Waals surface area contributed by atoms with E-state index in [0.29, 0.717) is 5.75 Å². The zero-order chi connectivity index (χ0) is 12.4. The smallest absolute Gasteiger partial charge is 0.162 e. The Labute approximate surface area is 101 Å². The van der Waals surface area contributed by atoms with Gasteiger partial charge >= 0.3 is 0 Å². The van der Waals surface area contributed by atoms with E-state index >= 15 is 0 Å². The van der Waals surface area contributed by atoms with Gasteiger partial charge < -0.3 is 9.47 Å². The molecule has 0 amide bonds. The molecule has 0 unspecified atom stereocenters. The van der Waals surface area contributed by atoms with Gasteiger partial charge in [-0.2, -0.15) is 5.10 Å². The Morgan fingerprint density at radius 1 is 1.00 bits per heavy atom. The number of rotatable bonds is 3. The molecular weight excluding hydrogens is 216 g/mol. The molecule has 1 heterocycles. The van der Waals surface area contributed by atoms with Crippen LogP contribution < -0.4 is 9.47 Å². The average molecular weight is 232 g/mol. The molecule has 0 aliphatic heterocycles. The first kappa shape index (κ1) is 11.5. The van der Waals surface area contributed by atoms with E-state index in [4.69, 9.17) is 9.47 Å². The largest absolute Gasteiger partial charge is 0.493 e. The Balaban J connectivity index is 2.50. The fourth-order valence-electron chi connectivity index (χ4n) is 1.85. The van der Waals surface area contributed by atoms with Gasteiger partial charge in [0.1, 0.15) is 0 Å². The molecule has 4 heteroatoms. The van der Waals surface area contributed by atoms with E-state index in [9.17, 15) is 0 Å². The number of nitrogens with zero attached hydrogens (tertiary/aromatic N) is 2. The van der Waals surface area contributed by atoms with Crippen LogP contribution in [0.25, 0.3) is 5.69 Å². The van der Waals surface area contributed by atoms with E-state index in [2.05, 4.69) is 5.10 Å². The van der Waals surface area contributed by atoms with Gasteiger partial charge in [0, 0.05) is 11.8 Å². The van der Waals surface area contributed by atoms with Crippen molar-refractivity contribution in [3.8, 4) is 17.2 Å². The van der Waals surface area contributed by atoms with Gasteiger partial charge in [-0.25, -0.2) is 4.68 Å².